The van der Waals surface area contributed by atoms with Crippen molar-refractivity contribution in [2.24, 2.45) is 7.05 Å². The van der Waals surface area contributed by atoms with Crippen molar-refractivity contribution in [3.05, 3.63) is 56.7 Å². The van der Waals surface area contributed by atoms with E-state index in [9.17, 15) is 19.5 Å². The van der Waals surface area contributed by atoms with Crippen molar-refractivity contribution >= 4 is 22.9 Å². The minimum absolute atomic E-state index is 0.122. The molecule has 34 heavy (non-hydrogen) atoms. The summed E-state index contributed by atoms with van der Waals surface area (Å²) in [5.41, 5.74) is 1.09. The number of benzene rings is 1. The Morgan fingerprint density at radius 1 is 1.09 bits per heavy atom. The fourth-order valence-electron chi connectivity index (χ4n) is 3.87. The first-order valence-electron chi connectivity index (χ1n) is 11.2. The van der Waals surface area contributed by atoms with Gasteiger partial charge in [-0.3, -0.25) is 23.4 Å². The van der Waals surface area contributed by atoms with Crippen LogP contribution >= 0.6 is 0 Å². The number of rotatable bonds is 8. The van der Waals surface area contributed by atoms with E-state index in [-0.39, 0.29) is 29.3 Å². The monoisotopic (exact) mass is 465 g/mol. The number of aromatic nitrogens is 6. The predicted octanol–water partition coefficient (Wildman–Crippen LogP) is 1.99. The number of aryl methyl sites for hydroxylation is 2. The number of anilines is 1. The third-order valence-electron chi connectivity index (χ3n) is 5.45. The van der Waals surface area contributed by atoms with Crippen LogP contribution in [0.2, 0.25) is 0 Å². The third kappa shape index (κ3) is 4.36. The lowest BCUT2D eigenvalue weighted by molar-refractivity contribution is -0.115. The topological polar surface area (TPSA) is 140 Å². The number of aromatic hydroxyl groups is 1. The highest BCUT2D eigenvalue weighted by Crippen LogP contribution is 2.21. The van der Waals surface area contributed by atoms with Crippen LogP contribution in [0.15, 0.2) is 39.9 Å². The highest BCUT2D eigenvalue weighted by Gasteiger charge is 2.19. The van der Waals surface area contributed by atoms with E-state index >= 15 is 0 Å². The summed E-state index contributed by atoms with van der Waals surface area (Å²) >= 11 is 0. The van der Waals surface area contributed by atoms with E-state index in [0.29, 0.717) is 48.9 Å². The van der Waals surface area contributed by atoms with Crippen LogP contribution in [0.5, 0.6) is 5.75 Å². The summed E-state index contributed by atoms with van der Waals surface area (Å²) in [6.07, 6.45) is 1.49. The number of hydrogen-bond donors (Lipinski definition) is 3. The molecule has 4 aromatic rings. The van der Waals surface area contributed by atoms with Crippen LogP contribution < -0.4 is 16.6 Å². The number of aromatic amines is 1. The first kappa shape index (κ1) is 23.0. The number of phenols is 1. The molecule has 178 valence electrons. The molecule has 0 saturated heterocycles. The normalized spacial score (nSPS) is 11.3. The molecule has 0 aliphatic rings. The average molecular weight is 466 g/mol. The molecule has 3 heterocycles. The number of nitrogens with one attached hydrogen (secondary N) is 2. The van der Waals surface area contributed by atoms with Gasteiger partial charge in [0.2, 0.25) is 5.91 Å². The summed E-state index contributed by atoms with van der Waals surface area (Å²) in [6.45, 7) is 4.63. The molecule has 1 aromatic carbocycles. The van der Waals surface area contributed by atoms with Crippen LogP contribution in [0, 0.1) is 0 Å². The van der Waals surface area contributed by atoms with Gasteiger partial charge < -0.3 is 15.4 Å². The van der Waals surface area contributed by atoms with Crippen molar-refractivity contribution in [1.82, 2.24) is 28.9 Å². The van der Waals surface area contributed by atoms with E-state index in [4.69, 9.17) is 0 Å². The molecule has 0 spiro atoms. The molecule has 0 unspecified atom stereocenters. The fourth-order valence-corrected chi connectivity index (χ4v) is 3.87. The zero-order chi connectivity index (χ0) is 24.4. The van der Waals surface area contributed by atoms with Gasteiger partial charge in [0.1, 0.15) is 17.0 Å². The van der Waals surface area contributed by atoms with Crippen molar-refractivity contribution in [2.75, 3.05) is 5.32 Å². The molecule has 0 saturated carbocycles. The number of nitrogens with zero attached hydrogens (tertiary/aromatic N) is 5. The number of H-pyrrole nitrogens is 1. The van der Waals surface area contributed by atoms with Gasteiger partial charge >= 0.3 is 5.69 Å². The predicted molar refractivity (Wildman–Crippen MR) is 128 cm³/mol. The quantitative estimate of drug-likeness (QED) is 0.364. The number of amides is 1. The van der Waals surface area contributed by atoms with Crippen LogP contribution in [0.1, 0.15) is 32.3 Å². The van der Waals surface area contributed by atoms with Crippen molar-refractivity contribution < 1.29 is 9.90 Å². The maximum atomic E-state index is 13.0. The zero-order valence-electron chi connectivity index (χ0n) is 19.3. The SMILES string of the molecule is CCCn1c(=O)c2[nH]c(-c3cc(NC(=O)Cc4ccc(O)cc4)nn3C)nc2n(CCC)c1=O. The summed E-state index contributed by atoms with van der Waals surface area (Å²) < 4.78 is 4.29. The van der Waals surface area contributed by atoms with Gasteiger partial charge in [-0.25, -0.2) is 9.78 Å². The third-order valence-corrected chi connectivity index (χ3v) is 5.45. The summed E-state index contributed by atoms with van der Waals surface area (Å²) in [4.78, 5) is 45.9. The lowest BCUT2D eigenvalue weighted by Gasteiger charge is -2.09. The van der Waals surface area contributed by atoms with Crippen LogP contribution in [-0.2, 0) is 31.4 Å². The highest BCUT2D eigenvalue weighted by atomic mass is 16.3. The van der Waals surface area contributed by atoms with Crippen LogP contribution in [0.3, 0.4) is 0 Å². The molecule has 11 nitrogen and oxygen atoms in total. The Morgan fingerprint density at radius 3 is 2.44 bits per heavy atom. The second-order valence-electron chi connectivity index (χ2n) is 8.10. The maximum Gasteiger partial charge on any atom is 0.332 e. The minimum Gasteiger partial charge on any atom is -0.508 e. The highest BCUT2D eigenvalue weighted by molar-refractivity contribution is 5.92. The number of fused-ring (bicyclic) bond motifs is 1. The van der Waals surface area contributed by atoms with E-state index in [1.54, 1.807) is 29.9 Å². The molecule has 0 aliphatic carbocycles. The first-order chi connectivity index (χ1) is 16.3. The molecule has 11 heteroatoms. The van der Waals surface area contributed by atoms with Gasteiger partial charge in [0.25, 0.3) is 5.56 Å². The lowest BCUT2D eigenvalue weighted by Crippen LogP contribution is -2.40. The molecule has 3 N–H and O–H groups in total. The van der Waals surface area contributed by atoms with E-state index < -0.39 is 5.56 Å². The second kappa shape index (κ2) is 9.38. The summed E-state index contributed by atoms with van der Waals surface area (Å²) in [7, 11) is 1.70. The van der Waals surface area contributed by atoms with Crippen molar-refractivity contribution in [1.29, 1.82) is 0 Å². The number of phenolic OH excluding ortho intramolecular Hbond substituents is 1. The molecular weight excluding hydrogens is 438 g/mol. The second-order valence-corrected chi connectivity index (χ2v) is 8.10. The molecule has 3 aromatic heterocycles. The average Bonchev–Trinajstić information content (AvgIpc) is 3.39. The Bertz CT molecular complexity index is 1460. The smallest absolute Gasteiger partial charge is 0.332 e. The Labute approximate surface area is 194 Å². The van der Waals surface area contributed by atoms with Gasteiger partial charge in [-0.15, -0.1) is 0 Å². The van der Waals surface area contributed by atoms with Gasteiger partial charge in [-0.05, 0) is 30.5 Å². The van der Waals surface area contributed by atoms with Gasteiger partial charge in [-0.1, -0.05) is 26.0 Å². The fraction of sp³-hybridized carbons (Fsp3) is 0.348. The summed E-state index contributed by atoms with van der Waals surface area (Å²) in [6, 6.07) is 8.05. The largest absolute Gasteiger partial charge is 0.508 e. The lowest BCUT2D eigenvalue weighted by atomic mass is 10.1. The molecule has 0 aliphatic heterocycles. The minimum atomic E-state index is -0.405. The number of carbonyl (C=O) groups excluding carboxylic acids is 1. The molecule has 0 bridgehead atoms. The van der Waals surface area contributed by atoms with Gasteiger partial charge in [0.15, 0.2) is 17.3 Å². The van der Waals surface area contributed by atoms with Gasteiger partial charge in [0, 0.05) is 26.2 Å². The van der Waals surface area contributed by atoms with Gasteiger partial charge in [0.05, 0.1) is 6.42 Å². The molecular formula is C23H27N7O4. The number of carbonyl (C=O) groups is 1. The van der Waals surface area contributed by atoms with Crippen molar-refractivity contribution in [2.45, 2.75) is 46.2 Å². The standard InChI is InChI=1S/C23H27N7O4/c1-4-10-29-21-19(22(33)30(11-5-2)23(29)34)25-20(26-21)16-13-17(27-28(16)3)24-18(32)12-14-6-8-15(31)9-7-14/h6-9,13,31H,4-5,10-12H2,1-3H3,(H,25,26)(H,24,27,32). The van der Waals surface area contributed by atoms with Crippen molar-refractivity contribution in [3.63, 3.8) is 0 Å². The van der Waals surface area contributed by atoms with Crippen LogP contribution in [0.4, 0.5) is 5.82 Å². The first-order valence-corrected chi connectivity index (χ1v) is 11.2. The molecule has 0 atom stereocenters. The Balaban J connectivity index is 1.67. The van der Waals surface area contributed by atoms with E-state index in [1.165, 1.54) is 21.3 Å². The van der Waals surface area contributed by atoms with Crippen molar-refractivity contribution in [3.8, 4) is 17.3 Å². The molecule has 4 rings (SSSR count). The molecule has 1 amide bonds. The Morgan fingerprint density at radius 2 is 1.76 bits per heavy atom. The summed E-state index contributed by atoms with van der Waals surface area (Å²) in [5, 5.41) is 16.5. The molecule has 0 radical (unpaired) electrons. The summed E-state index contributed by atoms with van der Waals surface area (Å²) in [5.74, 6) is 0.574. The number of imidazole rings is 1. The van der Waals surface area contributed by atoms with Crippen LogP contribution in [-0.4, -0.2) is 39.9 Å². The Kier molecular flexibility index (Phi) is 6.35. The maximum absolute atomic E-state index is 13.0. The number of hydrogen-bond acceptors (Lipinski definition) is 6. The van der Waals surface area contributed by atoms with E-state index in [1.807, 2.05) is 13.8 Å². The Hall–Kier alpha value is -4.15. The van der Waals surface area contributed by atoms with Gasteiger partial charge in [-0.2, -0.15) is 5.10 Å². The van der Waals surface area contributed by atoms with E-state index in [2.05, 4.69) is 20.4 Å². The van der Waals surface area contributed by atoms with Crippen LogP contribution in [0.25, 0.3) is 22.7 Å². The van der Waals surface area contributed by atoms with E-state index in [0.717, 1.165) is 5.56 Å². The zero-order valence-corrected chi connectivity index (χ0v) is 19.3. The molecule has 0 fully saturated rings.